The van der Waals surface area contributed by atoms with Gasteiger partial charge in [0.05, 0.1) is 13.2 Å². The van der Waals surface area contributed by atoms with Crippen LogP contribution in [0, 0.1) is 0 Å². The van der Waals surface area contributed by atoms with E-state index < -0.39 is 11.6 Å². The van der Waals surface area contributed by atoms with E-state index in [1.807, 2.05) is 37.3 Å². The molecule has 1 heterocycles. The maximum absolute atomic E-state index is 11.8. The molecule has 0 aliphatic carbocycles. The van der Waals surface area contributed by atoms with E-state index >= 15 is 0 Å². The van der Waals surface area contributed by atoms with Crippen LogP contribution < -0.4 is 0 Å². The molecule has 0 atom stereocenters. The fraction of sp³-hybridized carbons (Fsp3) is 0.357. The summed E-state index contributed by atoms with van der Waals surface area (Å²) in [5.74, 6) is -0.459. The topological polar surface area (TPSA) is 66.8 Å². The fourth-order valence-corrected chi connectivity index (χ4v) is 2.06. The third kappa shape index (κ3) is 2.17. The molecule has 1 saturated heterocycles. The van der Waals surface area contributed by atoms with Crippen LogP contribution in [0.4, 0.5) is 0 Å². The van der Waals surface area contributed by atoms with Crippen molar-refractivity contribution in [2.45, 2.75) is 18.9 Å². The van der Waals surface area contributed by atoms with E-state index in [0.717, 1.165) is 11.1 Å². The molecule has 4 heteroatoms. The van der Waals surface area contributed by atoms with Crippen LogP contribution in [0.25, 0.3) is 5.57 Å². The van der Waals surface area contributed by atoms with Gasteiger partial charge in [-0.15, -0.1) is 0 Å². The number of carbonyl (C=O) groups excluding carboxylic acids is 1. The number of ether oxygens (including phenoxy) is 1. The summed E-state index contributed by atoms with van der Waals surface area (Å²) in [5.41, 5.74) is 1.12. The minimum Gasteiger partial charge on any atom is -0.450 e. The maximum atomic E-state index is 11.8. The summed E-state index contributed by atoms with van der Waals surface area (Å²) in [5, 5.41) is 18.5. The molecule has 2 N–H and O–H groups in total. The zero-order chi connectivity index (χ0) is 13.2. The Kier molecular flexibility index (Phi) is 3.50. The quantitative estimate of drug-likeness (QED) is 0.621. The van der Waals surface area contributed by atoms with Crippen molar-refractivity contribution in [3.05, 3.63) is 41.5 Å². The molecule has 0 spiro atoms. The highest BCUT2D eigenvalue weighted by Crippen LogP contribution is 2.34. The third-order valence-electron chi connectivity index (χ3n) is 3.29. The molecule has 0 saturated carbocycles. The van der Waals surface area contributed by atoms with E-state index in [1.165, 1.54) is 0 Å². The van der Waals surface area contributed by atoms with Crippen LogP contribution >= 0.6 is 0 Å². The second kappa shape index (κ2) is 4.92. The van der Waals surface area contributed by atoms with Crippen LogP contribution in [0.15, 0.2) is 35.9 Å². The molecule has 0 radical (unpaired) electrons. The van der Waals surface area contributed by atoms with Crippen molar-refractivity contribution in [3.8, 4) is 0 Å². The molecular weight excluding hydrogens is 232 g/mol. The van der Waals surface area contributed by atoms with Gasteiger partial charge in [-0.05, 0) is 18.1 Å². The van der Waals surface area contributed by atoms with Gasteiger partial charge in [0.25, 0.3) is 0 Å². The summed E-state index contributed by atoms with van der Waals surface area (Å²) in [4.78, 5) is 11.8. The lowest BCUT2D eigenvalue weighted by Gasteiger charge is -2.21. The van der Waals surface area contributed by atoms with Crippen LogP contribution in [-0.2, 0) is 9.53 Å². The number of aliphatic hydroxyl groups is 2. The highest BCUT2D eigenvalue weighted by atomic mass is 16.6. The molecule has 0 unspecified atom stereocenters. The van der Waals surface area contributed by atoms with Gasteiger partial charge in [-0.1, -0.05) is 30.3 Å². The number of esters is 1. The largest absolute Gasteiger partial charge is 0.450 e. The molecular formula is C14H16O4. The summed E-state index contributed by atoms with van der Waals surface area (Å²) in [6.45, 7) is 1.10. The number of carbonyl (C=O) groups is 1. The van der Waals surface area contributed by atoms with E-state index in [-0.39, 0.29) is 19.6 Å². The molecule has 4 nitrogen and oxygen atoms in total. The Morgan fingerprint density at radius 2 is 1.89 bits per heavy atom. The summed E-state index contributed by atoms with van der Waals surface area (Å²) in [7, 11) is 0. The lowest BCUT2D eigenvalue weighted by Crippen LogP contribution is -2.37. The maximum Gasteiger partial charge on any atom is 0.335 e. The number of hydrogen-bond acceptors (Lipinski definition) is 4. The molecule has 1 aliphatic heterocycles. The molecule has 96 valence electrons. The van der Waals surface area contributed by atoms with Gasteiger partial charge >= 0.3 is 5.97 Å². The first-order chi connectivity index (χ1) is 8.62. The van der Waals surface area contributed by atoms with Crippen molar-refractivity contribution in [1.82, 2.24) is 0 Å². The van der Waals surface area contributed by atoms with Crippen molar-refractivity contribution in [2.75, 3.05) is 13.2 Å². The van der Waals surface area contributed by atoms with E-state index in [2.05, 4.69) is 0 Å². The molecule has 1 aliphatic rings. The Labute approximate surface area is 106 Å². The van der Waals surface area contributed by atoms with Crippen molar-refractivity contribution in [2.24, 2.45) is 0 Å². The first-order valence-electron chi connectivity index (χ1n) is 5.82. The van der Waals surface area contributed by atoms with Gasteiger partial charge in [0.15, 0.2) is 5.60 Å². The van der Waals surface area contributed by atoms with E-state index in [4.69, 9.17) is 4.74 Å². The zero-order valence-electron chi connectivity index (χ0n) is 10.2. The van der Waals surface area contributed by atoms with Crippen molar-refractivity contribution >= 4 is 11.5 Å². The lowest BCUT2D eigenvalue weighted by atomic mass is 9.94. The molecule has 1 fully saturated rings. The average Bonchev–Trinajstić information content (AvgIpc) is 2.77. The van der Waals surface area contributed by atoms with E-state index in [9.17, 15) is 15.0 Å². The van der Waals surface area contributed by atoms with Gasteiger partial charge in [0.1, 0.15) is 0 Å². The van der Waals surface area contributed by atoms with Gasteiger partial charge in [-0.3, -0.25) is 0 Å². The van der Waals surface area contributed by atoms with Crippen molar-refractivity contribution in [1.29, 1.82) is 0 Å². The molecule has 1 aromatic carbocycles. The van der Waals surface area contributed by atoms with Crippen LogP contribution in [0.2, 0.25) is 0 Å². The second-order valence-electron chi connectivity index (χ2n) is 4.54. The summed E-state index contributed by atoms with van der Waals surface area (Å²) in [6.07, 6.45) is 0.236. The lowest BCUT2D eigenvalue weighted by molar-refractivity contribution is -0.154. The van der Waals surface area contributed by atoms with Crippen LogP contribution in [0.3, 0.4) is 0 Å². The van der Waals surface area contributed by atoms with Gasteiger partial charge in [0.2, 0.25) is 0 Å². The fourth-order valence-electron chi connectivity index (χ4n) is 2.06. The Balaban J connectivity index is 2.37. The Bertz CT molecular complexity index is 472. The van der Waals surface area contributed by atoms with E-state index in [1.54, 1.807) is 0 Å². The highest BCUT2D eigenvalue weighted by molar-refractivity contribution is 5.99. The Morgan fingerprint density at radius 1 is 1.28 bits per heavy atom. The average molecular weight is 248 g/mol. The van der Waals surface area contributed by atoms with Gasteiger partial charge in [-0.25, -0.2) is 4.79 Å². The zero-order valence-corrected chi connectivity index (χ0v) is 10.2. The Morgan fingerprint density at radius 3 is 2.39 bits per heavy atom. The van der Waals surface area contributed by atoms with Crippen molar-refractivity contribution < 1.29 is 19.7 Å². The summed E-state index contributed by atoms with van der Waals surface area (Å²) < 4.78 is 5.11. The van der Waals surface area contributed by atoms with Crippen LogP contribution in [0.5, 0.6) is 0 Å². The monoisotopic (exact) mass is 248 g/mol. The first kappa shape index (κ1) is 12.8. The minimum atomic E-state index is -1.16. The van der Waals surface area contributed by atoms with Gasteiger partial charge in [0, 0.05) is 12.0 Å². The summed E-state index contributed by atoms with van der Waals surface area (Å²) in [6, 6.07) is 9.51. The number of benzene rings is 1. The number of cyclic esters (lactones) is 1. The number of allylic oxidation sites excluding steroid dienone is 1. The summed E-state index contributed by atoms with van der Waals surface area (Å²) >= 11 is 0. The molecule has 0 bridgehead atoms. The number of rotatable bonds is 3. The standard InChI is InChI=1S/C14H16O4/c1-10(11-5-3-2-4-6-11)12-7-14(8-15,9-16)18-13(12)17/h2-6,15-16H,7-9H2,1H3/b12-10-. The Hall–Kier alpha value is -1.65. The van der Waals surface area contributed by atoms with Crippen LogP contribution in [0.1, 0.15) is 18.9 Å². The minimum absolute atomic E-state index is 0.236. The molecule has 0 amide bonds. The van der Waals surface area contributed by atoms with E-state index in [0.29, 0.717) is 5.57 Å². The van der Waals surface area contributed by atoms with Crippen LogP contribution in [-0.4, -0.2) is 35.0 Å². The smallest absolute Gasteiger partial charge is 0.335 e. The van der Waals surface area contributed by atoms with Gasteiger partial charge < -0.3 is 14.9 Å². The molecule has 1 aromatic rings. The first-order valence-corrected chi connectivity index (χ1v) is 5.82. The number of hydrogen-bond donors (Lipinski definition) is 2. The molecule has 18 heavy (non-hydrogen) atoms. The highest BCUT2D eigenvalue weighted by Gasteiger charge is 2.43. The normalized spacial score (nSPS) is 20.7. The van der Waals surface area contributed by atoms with Gasteiger partial charge in [-0.2, -0.15) is 0 Å². The number of aliphatic hydroxyl groups excluding tert-OH is 2. The second-order valence-corrected chi connectivity index (χ2v) is 4.54. The predicted octanol–water partition coefficient (Wildman–Crippen LogP) is 1.13. The predicted molar refractivity (Wildman–Crippen MR) is 66.6 cm³/mol. The van der Waals surface area contributed by atoms with Crippen molar-refractivity contribution in [3.63, 3.8) is 0 Å². The molecule has 0 aromatic heterocycles. The third-order valence-corrected chi connectivity index (χ3v) is 3.29. The SMILES string of the molecule is C/C(=C1\CC(CO)(CO)OC1=O)c1ccccc1. The molecule has 2 rings (SSSR count).